The number of para-hydroxylation sites is 1. The van der Waals surface area contributed by atoms with Crippen molar-refractivity contribution in [2.24, 2.45) is 4.99 Å². The number of nitrogens with zero attached hydrogens (tertiary/aromatic N) is 2. The SMILES string of the molecule is O=C(O)CCCn1c(O)c(/C=C2\C=c3ccccc3=NC2=O)sc1=S. The average molecular weight is 374 g/mol. The van der Waals surface area contributed by atoms with Crippen LogP contribution in [0.5, 0.6) is 5.88 Å². The highest BCUT2D eigenvalue weighted by molar-refractivity contribution is 7.73. The van der Waals surface area contributed by atoms with Gasteiger partial charge < -0.3 is 10.2 Å². The summed E-state index contributed by atoms with van der Waals surface area (Å²) in [7, 11) is 0. The van der Waals surface area contributed by atoms with E-state index in [1.165, 1.54) is 15.9 Å². The van der Waals surface area contributed by atoms with E-state index in [0.717, 1.165) is 5.22 Å². The smallest absolute Gasteiger partial charge is 0.303 e. The number of hydrogen-bond donors (Lipinski definition) is 2. The van der Waals surface area contributed by atoms with Crippen LogP contribution in [-0.2, 0) is 16.1 Å². The molecule has 8 heteroatoms. The van der Waals surface area contributed by atoms with E-state index in [4.69, 9.17) is 17.3 Å². The van der Waals surface area contributed by atoms with Gasteiger partial charge in [0.25, 0.3) is 5.91 Å². The first-order chi connectivity index (χ1) is 12.0. The third-order valence-electron chi connectivity index (χ3n) is 3.67. The number of thiazole rings is 1. The summed E-state index contributed by atoms with van der Waals surface area (Å²) in [5, 5.41) is 20.5. The first-order valence-corrected chi connectivity index (χ1v) is 8.74. The standard InChI is InChI=1S/C17H14N2O4S2/c20-14(21)6-3-7-19-16(23)13(25-17(19)24)9-11-8-10-4-1-2-5-12(10)18-15(11)22/h1-2,4-5,8-9,23H,3,6-7H2,(H,20,21)/b11-9+. The van der Waals surface area contributed by atoms with Crippen molar-refractivity contribution in [3.63, 3.8) is 0 Å². The van der Waals surface area contributed by atoms with E-state index in [1.807, 2.05) is 18.2 Å². The van der Waals surface area contributed by atoms with E-state index >= 15 is 0 Å². The summed E-state index contributed by atoms with van der Waals surface area (Å²) in [4.78, 5) is 27.3. The largest absolute Gasteiger partial charge is 0.493 e. The number of rotatable bonds is 5. The minimum Gasteiger partial charge on any atom is -0.493 e. The second-order valence-electron chi connectivity index (χ2n) is 5.42. The maximum absolute atomic E-state index is 12.2. The van der Waals surface area contributed by atoms with Crippen LogP contribution >= 0.6 is 23.6 Å². The Morgan fingerprint density at radius 3 is 2.88 bits per heavy atom. The Bertz CT molecular complexity index is 1060. The molecule has 1 aliphatic rings. The first kappa shape index (κ1) is 17.2. The van der Waals surface area contributed by atoms with Crippen molar-refractivity contribution in [3.05, 3.63) is 49.2 Å². The number of carboxylic acids is 1. The van der Waals surface area contributed by atoms with Gasteiger partial charge >= 0.3 is 5.97 Å². The molecule has 0 fully saturated rings. The van der Waals surface area contributed by atoms with Crippen LogP contribution < -0.4 is 10.6 Å². The normalized spacial score (nSPS) is 14.7. The van der Waals surface area contributed by atoms with Crippen molar-refractivity contribution in [1.82, 2.24) is 4.57 Å². The Balaban J connectivity index is 1.94. The molecule has 128 valence electrons. The molecule has 25 heavy (non-hydrogen) atoms. The highest BCUT2D eigenvalue weighted by Crippen LogP contribution is 2.29. The quantitative estimate of drug-likeness (QED) is 0.616. The number of carbonyl (C=O) groups is 2. The third-order valence-corrected chi connectivity index (χ3v) is 5.06. The van der Waals surface area contributed by atoms with Gasteiger partial charge in [0.1, 0.15) is 0 Å². The molecule has 0 unspecified atom stereocenters. The van der Waals surface area contributed by atoms with Gasteiger partial charge in [-0.25, -0.2) is 4.99 Å². The van der Waals surface area contributed by atoms with Crippen LogP contribution in [0.1, 0.15) is 17.7 Å². The molecule has 0 atom stereocenters. The molecule has 0 bridgehead atoms. The summed E-state index contributed by atoms with van der Waals surface area (Å²) >= 11 is 6.39. The van der Waals surface area contributed by atoms with Crippen molar-refractivity contribution in [2.75, 3.05) is 0 Å². The van der Waals surface area contributed by atoms with Gasteiger partial charge in [-0.2, -0.15) is 0 Å². The van der Waals surface area contributed by atoms with Gasteiger partial charge in [0.2, 0.25) is 5.88 Å². The molecule has 2 N–H and O–H groups in total. The maximum atomic E-state index is 12.2. The molecule has 0 saturated heterocycles. The Kier molecular flexibility index (Phi) is 4.91. The summed E-state index contributed by atoms with van der Waals surface area (Å²) in [6.45, 7) is 0.307. The number of hydrogen-bond acceptors (Lipinski definition) is 5. The fraction of sp³-hybridized carbons (Fsp3) is 0.176. The van der Waals surface area contributed by atoms with Crippen LogP contribution in [0.25, 0.3) is 12.2 Å². The number of carbonyl (C=O) groups excluding carboxylic acids is 1. The molecule has 0 spiro atoms. The zero-order valence-electron chi connectivity index (χ0n) is 13.0. The van der Waals surface area contributed by atoms with Crippen molar-refractivity contribution in [2.45, 2.75) is 19.4 Å². The second kappa shape index (κ2) is 7.12. The zero-order valence-corrected chi connectivity index (χ0v) is 14.6. The maximum Gasteiger partial charge on any atom is 0.303 e. The fourth-order valence-corrected chi connectivity index (χ4v) is 3.76. The number of carboxylic acid groups (broad SMARTS) is 1. The topological polar surface area (TPSA) is 91.9 Å². The molecule has 0 aliphatic carbocycles. The molecule has 2 heterocycles. The van der Waals surface area contributed by atoms with E-state index in [1.54, 1.807) is 18.2 Å². The van der Waals surface area contributed by atoms with Crippen LogP contribution in [-0.4, -0.2) is 26.7 Å². The van der Waals surface area contributed by atoms with E-state index in [0.29, 0.717) is 32.7 Å². The predicted molar refractivity (Wildman–Crippen MR) is 96.3 cm³/mol. The second-order valence-corrected chi connectivity index (χ2v) is 7.10. The Labute approximate surface area is 151 Å². The van der Waals surface area contributed by atoms with Gasteiger partial charge in [0.15, 0.2) is 3.95 Å². The van der Waals surface area contributed by atoms with Gasteiger partial charge in [-0.3, -0.25) is 14.2 Å². The van der Waals surface area contributed by atoms with E-state index in [9.17, 15) is 14.7 Å². The molecular weight excluding hydrogens is 360 g/mol. The highest BCUT2D eigenvalue weighted by Gasteiger charge is 2.15. The van der Waals surface area contributed by atoms with Crippen molar-refractivity contribution < 1.29 is 19.8 Å². The first-order valence-electron chi connectivity index (χ1n) is 7.51. The van der Waals surface area contributed by atoms with Crippen LogP contribution in [0.3, 0.4) is 0 Å². The highest BCUT2D eigenvalue weighted by atomic mass is 32.1. The summed E-state index contributed by atoms with van der Waals surface area (Å²) in [6.07, 6.45) is 3.64. The van der Waals surface area contributed by atoms with Crippen LogP contribution in [0.2, 0.25) is 0 Å². The van der Waals surface area contributed by atoms with Crippen LogP contribution in [0.15, 0.2) is 34.8 Å². The third kappa shape index (κ3) is 3.75. The van der Waals surface area contributed by atoms with Gasteiger partial charge in [-0.15, -0.1) is 11.3 Å². The Morgan fingerprint density at radius 2 is 2.12 bits per heavy atom. The minimum atomic E-state index is -0.897. The molecule has 3 rings (SSSR count). The van der Waals surface area contributed by atoms with Gasteiger partial charge in [0.05, 0.1) is 10.2 Å². The molecular formula is C17H14N2O4S2. The summed E-state index contributed by atoms with van der Waals surface area (Å²) < 4.78 is 1.91. The Morgan fingerprint density at radius 1 is 1.36 bits per heavy atom. The van der Waals surface area contributed by atoms with Gasteiger partial charge in [0, 0.05) is 23.8 Å². The molecule has 6 nitrogen and oxygen atoms in total. The molecule has 1 aliphatic heterocycles. The average Bonchev–Trinajstić information content (AvgIpc) is 2.82. The summed E-state index contributed by atoms with van der Waals surface area (Å²) in [5.41, 5.74) is 0.364. The van der Waals surface area contributed by atoms with Gasteiger partial charge in [-0.1, -0.05) is 18.2 Å². The van der Waals surface area contributed by atoms with E-state index in [-0.39, 0.29) is 18.2 Å². The lowest BCUT2D eigenvalue weighted by Crippen LogP contribution is -2.29. The van der Waals surface area contributed by atoms with Crippen LogP contribution in [0.4, 0.5) is 0 Å². The van der Waals surface area contributed by atoms with Gasteiger partial charge in [-0.05, 0) is 36.9 Å². The lowest BCUT2D eigenvalue weighted by Gasteiger charge is -2.04. The van der Waals surface area contributed by atoms with E-state index in [2.05, 4.69) is 4.99 Å². The fourth-order valence-electron chi connectivity index (χ4n) is 2.45. The molecule has 0 saturated carbocycles. The zero-order chi connectivity index (χ0) is 18.0. The monoisotopic (exact) mass is 374 g/mol. The van der Waals surface area contributed by atoms with E-state index < -0.39 is 5.97 Å². The summed E-state index contributed by atoms with van der Waals surface area (Å²) in [5.74, 6) is -1.34. The molecule has 0 radical (unpaired) electrons. The van der Waals surface area contributed by atoms with Crippen molar-refractivity contribution in [1.29, 1.82) is 0 Å². The van der Waals surface area contributed by atoms with Crippen molar-refractivity contribution in [3.8, 4) is 5.88 Å². The lowest BCUT2D eigenvalue weighted by molar-refractivity contribution is -0.137. The number of aliphatic carboxylic acids is 1. The predicted octanol–water partition coefficient (Wildman–Crippen LogP) is 1.87. The number of aromatic nitrogens is 1. The summed E-state index contributed by atoms with van der Waals surface area (Å²) in [6, 6.07) is 7.30. The van der Waals surface area contributed by atoms with Crippen molar-refractivity contribution >= 4 is 47.6 Å². The minimum absolute atomic E-state index is 0.00455. The number of aromatic hydroxyl groups is 1. The molecule has 1 aromatic carbocycles. The number of fused-ring (bicyclic) bond motifs is 1. The molecule has 1 amide bonds. The number of benzene rings is 1. The molecule has 2 aromatic rings. The van der Waals surface area contributed by atoms with Crippen LogP contribution in [0, 0.1) is 3.95 Å². The Hall–Kier alpha value is -2.58. The number of amides is 1. The lowest BCUT2D eigenvalue weighted by atomic mass is 10.1. The molecule has 1 aromatic heterocycles.